The first-order valence-electron chi connectivity index (χ1n) is 36.3. The van der Waals surface area contributed by atoms with Crippen LogP contribution < -0.4 is 16.0 Å². The summed E-state index contributed by atoms with van der Waals surface area (Å²) in [6.45, 7) is 4.70. The number of hydrogen-bond acceptors (Lipinski definition) is 12. The van der Waals surface area contributed by atoms with Crippen LogP contribution >= 0.6 is 11.6 Å². The number of nitrogens with zero attached hydrogens (tertiary/aromatic N) is 9. The first-order valence-corrected chi connectivity index (χ1v) is 36.6. The maximum absolute atomic E-state index is 15.6. The second-order valence-electron chi connectivity index (χ2n) is 29.5. The minimum absolute atomic E-state index is 0.0445. The van der Waals surface area contributed by atoms with Crippen molar-refractivity contribution in [2.75, 3.05) is 88.6 Å². The molecule has 580 valence electrons. The predicted octanol–water partition coefficient (Wildman–Crippen LogP) is 6.49. The topological polar surface area (TPSA) is 270 Å². The Kier molecular flexibility index (Phi) is 29.0. The number of benzene rings is 2. The lowest BCUT2D eigenvalue weighted by Gasteiger charge is -2.42. The van der Waals surface area contributed by atoms with Gasteiger partial charge in [-0.3, -0.25) is 57.5 Å². The Labute approximate surface area is 615 Å². The highest BCUT2D eigenvalue weighted by Crippen LogP contribution is 2.39. The predicted molar refractivity (Wildman–Crippen MR) is 377 cm³/mol. The fourth-order valence-electron chi connectivity index (χ4n) is 14.9. The van der Waals surface area contributed by atoms with Gasteiger partial charge in [-0.1, -0.05) is 102 Å². The number of rotatable bonds is 11. The van der Waals surface area contributed by atoms with Crippen molar-refractivity contribution < 1.29 is 83.9 Å². The van der Waals surface area contributed by atoms with Crippen molar-refractivity contribution in [2.45, 2.75) is 203 Å². The van der Waals surface area contributed by atoms with Crippen LogP contribution in [-0.2, 0) is 82.7 Å². The Morgan fingerprint density at radius 2 is 1.26 bits per heavy atom. The quantitative estimate of drug-likeness (QED) is 0.161. The zero-order chi connectivity index (χ0) is 77.7. The molecule has 3 heterocycles. The lowest BCUT2D eigenvalue weighted by atomic mass is 9.90. The van der Waals surface area contributed by atoms with Gasteiger partial charge in [-0.05, 0) is 124 Å². The molecule has 8 atom stereocenters. The van der Waals surface area contributed by atoms with Crippen molar-refractivity contribution >= 4 is 82.5 Å². The molecule has 1 spiro atoms. The highest BCUT2D eigenvalue weighted by atomic mass is 35.5. The number of amides is 12. The molecule has 2 aromatic rings. The highest BCUT2D eigenvalue weighted by Gasteiger charge is 2.52. The first-order chi connectivity index (χ1) is 49.3. The van der Waals surface area contributed by atoms with E-state index in [1.807, 2.05) is 13.8 Å². The third kappa shape index (κ3) is 21.1. The molecule has 3 aliphatic heterocycles. The zero-order valence-corrected chi connectivity index (χ0v) is 62.8. The molecule has 5 aliphatic rings. The molecule has 2 saturated heterocycles. The van der Waals surface area contributed by atoms with Gasteiger partial charge in [-0.2, -0.15) is 26.3 Å². The third-order valence-corrected chi connectivity index (χ3v) is 21.6. The van der Waals surface area contributed by atoms with Crippen LogP contribution in [-0.4, -0.2) is 251 Å². The minimum atomic E-state index is -4.81. The molecule has 2 aromatic carbocycles. The molecule has 0 unspecified atom stereocenters. The summed E-state index contributed by atoms with van der Waals surface area (Å²) in [4.78, 5) is 190. The summed E-state index contributed by atoms with van der Waals surface area (Å²) in [5.74, 6) is -10.3. The van der Waals surface area contributed by atoms with Crippen molar-refractivity contribution in [3.63, 3.8) is 0 Å². The largest absolute Gasteiger partial charge is 0.417 e. The molecule has 0 radical (unpaired) electrons. The number of carbonyl (C=O) groups excluding carboxylic acids is 12. The van der Waals surface area contributed by atoms with E-state index in [2.05, 4.69) is 16.0 Å². The summed E-state index contributed by atoms with van der Waals surface area (Å²) in [7, 11) is 9.67. The van der Waals surface area contributed by atoms with E-state index in [1.54, 1.807) is 26.0 Å². The molecule has 105 heavy (non-hydrogen) atoms. The first kappa shape index (κ1) is 84.0. The number of halogens is 7. The number of nitrogens with one attached hydrogen (secondary N) is 3. The normalized spacial score (nSPS) is 25.3. The molecule has 7 rings (SSSR count). The molecule has 4 fully saturated rings. The van der Waals surface area contributed by atoms with Crippen molar-refractivity contribution in [1.82, 2.24) is 60.0 Å². The van der Waals surface area contributed by atoms with Gasteiger partial charge in [0.25, 0.3) is 0 Å². The smallest absolute Gasteiger partial charge is 0.347 e. The van der Waals surface area contributed by atoms with Crippen LogP contribution in [0.15, 0.2) is 54.6 Å². The molecule has 0 aromatic heterocycles. The van der Waals surface area contributed by atoms with Crippen LogP contribution in [0.1, 0.15) is 153 Å². The number of carbonyl (C=O) groups is 12. The van der Waals surface area contributed by atoms with Gasteiger partial charge in [0, 0.05) is 75.4 Å². The van der Waals surface area contributed by atoms with Gasteiger partial charge in [-0.15, -0.1) is 0 Å². The van der Waals surface area contributed by atoms with Crippen molar-refractivity contribution in [2.24, 2.45) is 17.8 Å². The second kappa shape index (κ2) is 36.3. The Bertz CT molecular complexity index is 3530. The van der Waals surface area contributed by atoms with Crippen molar-refractivity contribution in [3.8, 4) is 0 Å². The van der Waals surface area contributed by atoms with E-state index < -0.39 is 192 Å². The lowest BCUT2D eigenvalue weighted by Crippen LogP contribution is -2.65. The van der Waals surface area contributed by atoms with Gasteiger partial charge in [0.2, 0.25) is 70.9 Å². The third-order valence-electron chi connectivity index (χ3n) is 21.3. The maximum atomic E-state index is 15.6. The summed E-state index contributed by atoms with van der Waals surface area (Å²) in [5, 5.41) is 7.91. The summed E-state index contributed by atoms with van der Waals surface area (Å²) < 4.78 is 83.6. The maximum Gasteiger partial charge on any atom is 0.417 e. The lowest BCUT2D eigenvalue weighted by molar-refractivity contribution is -0.156. The fraction of sp³-hybridized carbons (Fsp3) is 0.649. The number of likely N-dealkylation sites (N-methyl/N-ethyl adjacent to an activating group) is 6. The van der Waals surface area contributed by atoms with Gasteiger partial charge in [-0.25, -0.2) is 0 Å². The van der Waals surface area contributed by atoms with Crippen LogP contribution in [0.3, 0.4) is 0 Å². The molecule has 31 heteroatoms. The van der Waals surface area contributed by atoms with Gasteiger partial charge < -0.3 is 60.0 Å². The molecule has 12 amide bonds. The Morgan fingerprint density at radius 3 is 1.85 bits per heavy atom. The van der Waals surface area contributed by atoms with E-state index in [4.69, 9.17) is 11.6 Å². The number of fused-ring (bicyclic) bond motifs is 4. The van der Waals surface area contributed by atoms with E-state index in [0.717, 1.165) is 62.1 Å². The van der Waals surface area contributed by atoms with E-state index in [0.29, 0.717) is 44.9 Å². The summed E-state index contributed by atoms with van der Waals surface area (Å²) in [5.41, 5.74) is -3.38. The molecular formula is C74H103ClF6N12O12. The average molecular weight is 1500 g/mol. The average Bonchev–Trinajstić information content (AvgIpc) is 1.72. The zero-order valence-electron chi connectivity index (χ0n) is 62.0. The van der Waals surface area contributed by atoms with Crippen LogP contribution in [0.25, 0.3) is 0 Å². The summed E-state index contributed by atoms with van der Waals surface area (Å²) in [6, 6.07) is -2.78. The second-order valence-corrected chi connectivity index (χ2v) is 29.9. The van der Waals surface area contributed by atoms with E-state index in [-0.39, 0.29) is 94.5 Å². The number of aryl methyl sites for hydroxylation is 1. The molecule has 24 nitrogen and oxygen atoms in total. The van der Waals surface area contributed by atoms with Crippen LogP contribution in [0.4, 0.5) is 26.3 Å². The van der Waals surface area contributed by atoms with E-state index in [9.17, 15) is 55.1 Å². The van der Waals surface area contributed by atoms with Gasteiger partial charge >= 0.3 is 12.4 Å². The molecule has 2 saturated carbocycles. The van der Waals surface area contributed by atoms with E-state index in [1.165, 1.54) is 73.8 Å². The Hall–Kier alpha value is -8.31. The fourth-order valence-corrected chi connectivity index (χ4v) is 15.3. The van der Waals surface area contributed by atoms with Gasteiger partial charge in [0.05, 0.1) is 42.2 Å². The van der Waals surface area contributed by atoms with Crippen LogP contribution in [0.2, 0.25) is 5.02 Å². The Balaban J connectivity index is 1.33. The number of hydrogen-bond donors (Lipinski definition) is 3. The molecule has 3 N–H and O–H groups in total. The van der Waals surface area contributed by atoms with Crippen LogP contribution in [0, 0.1) is 17.8 Å². The standard InChI is InChI=1S/C74H103ClF6N12O12/c1-12-46(4)62-69(103)87(8)43-60(96)91-35-19-13-14-20-36-92(61(97)44-91)57(40-48-25-29-50(30-26-48)73(76,77)78)68(102)86(7)42-58(94)82-53(32-28-47-27-31-51(52(75)39-47)74(79,80)81)66(100)93-37-21-24-54(93)65(99)84-72(33-17-18-34-72)71(105)90(11)63(49-22-15-16-23-49)70(104)89(10)56(67(101)85(5)6)41-59(95)88(9)55(38-45(2)3)64(98)83-62/h13-14,25-27,29-31,39,45-46,49,53-57,62-63H,12,15-24,28,32-38,40-44H2,1-11H3,(H,82,94)(H,83,98)(H,84,99)/b14-13-/t46-,53-,54-,55+,56-,57-,62-,63-/m0/s1. The van der Waals surface area contributed by atoms with Gasteiger partial charge in [0.1, 0.15) is 47.8 Å². The van der Waals surface area contributed by atoms with Crippen molar-refractivity contribution in [1.29, 1.82) is 0 Å². The molecule has 2 bridgehead atoms. The van der Waals surface area contributed by atoms with Crippen LogP contribution in [0.5, 0.6) is 0 Å². The summed E-state index contributed by atoms with van der Waals surface area (Å²) in [6.07, 6.45) is -2.94. The summed E-state index contributed by atoms with van der Waals surface area (Å²) >= 11 is 6.15. The Morgan fingerprint density at radius 1 is 0.638 bits per heavy atom. The SMILES string of the molecule is CC[C@H](C)[C@@H]1NC(=O)[C@@H](CC(C)C)N(C)C(=O)C[C@@H](C(=O)N(C)C)N(C)C(=O)[C@H](C2CCCC2)N(C)C(=O)C2(CCCC2)NC(=O)[C@@H]2CCCN2C(=O)[C@H](CCc2ccc(C(F)(F)F)c(Cl)c2)NC(=O)CN(C)C(=O)[C@H](Cc2ccc(C(F)(F)F)cc2)N2CC/C=C\CCN(CC2=O)C(=O)CN(C)C1=O. The van der Waals surface area contributed by atoms with Gasteiger partial charge in [0.15, 0.2) is 0 Å². The number of alkyl halides is 6. The minimum Gasteiger partial charge on any atom is -0.347 e. The molecular weight excluding hydrogens is 1400 g/mol. The monoisotopic (exact) mass is 1500 g/mol. The van der Waals surface area contributed by atoms with Crippen molar-refractivity contribution in [3.05, 3.63) is 81.9 Å². The molecule has 2 aliphatic carbocycles. The highest BCUT2D eigenvalue weighted by molar-refractivity contribution is 6.31. The van der Waals surface area contributed by atoms with E-state index >= 15 is 28.8 Å².